The highest BCUT2D eigenvalue weighted by atomic mass is 28.4. The van der Waals surface area contributed by atoms with Gasteiger partial charge in [-0.05, 0) is 92.8 Å². The minimum absolute atomic E-state index is 0.0117. The summed E-state index contributed by atoms with van der Waals surface area (Å²) in [7, 11) is -4.02. The molecule has 0 bridgehead atoms. The smallest absolute Gasteiger partial charge is 0.251 e. The number of rotatable bonds is 9. The molecule has 0 saturated heterocycles. The maximum Gasteiger partial charge on any atom is 0.251 e. The Bertz CT molecular complexity index is 1360. The number of hydrogen-bond acceptors (Lipinski definition) is 6. The van der Waals surface area contributed by atoms with E-state index in [2.05, 4.69) is 73.8 Å². The Morgan fingerprint density at radius 1 is 1.05 bits per heavy atom. The van der Waals surface area contributed by atoms with Gasteiger partial charge >= 0.3 is 0 Å². The second-order valence-electron chi connectivity index (χ2n) is 15.3. The van der Waals surface area contributed by atoms with Crippen LogP contribution < -0.4 is 10.3 Å². The lowest BCUT2D eigenvalue weighted by atomic mass is 9.85. The SMILES string of the molecule is CC1(C)Oc2ccc(C#N)cc2[C@H](n2ccc(C(CCCO[Si](C)(C)C(C)(C)C)O[Si](C)(C)C(C)(C)C)cc2=O)[C@H]1O. The molecule has 0 spiro atoms. The quantitative estimate of drug-likeness (QED) is 0.230. The minimum atomic E-state index is -2.16. The van der Waals surface area contributed by atoms with Crippen molar-refractivity contribution < 1.29 is 18.7 Å². The molecule has 1 aromatic carbocycles. The first-order valence-electron chi connectivity index (χ1n) is 15.1. The highest BCUT2D eigenvalue weighted by Crippen LogP contribution is 2.43. The molecule has 0 saturated carbocycles. The van der Waals surface area contributed by atoms with Gasteiger partial charge in [-0.1, -0.05) is 41.5 Å². The molecule has 2 aromatic rings. The van der Waals surface area contributed by atoms with Gasteiger partial charge in [0.25, 0.3) is 5.56 Å². The monoisotopic (exact) mass is 612 g/mol. The van der Waals surface area contributed by atoms with E-state index in [1.54, 1.807) is 48.9 Å². The molecule has 9 heteroatoms. The van der Waals surface area contributed by atoms with E-state index in [0.29, 0.717) is 23.5 Å². The predicted octanol–water partition coefficient (Wildman–Crippen LogP) is 7.71. The fourth-order valence-electron chi connectivity index (χ4n) is 4.71. The third kappa shape index (κ3) is 7.28. The Hall–Kier alpha value is -2.23. The van der Waals surface area contributed by atoms with Crippen molar-refractivity contribution in [3.8, 4) is 11.8 Å². The van der Waals surface area contributed by atoms with Crippen LogP contribution in [-0.4, -0.2) is 44.6 Å². The molecule has 1 aromatic heterocycles. The first-order valence-corrected chi connectivity index (χ1v) is 20.9. The fourth-order valence-corrected chi connectivity index (χ4v) is 7.12. The number of aliphatic hydroxyl groups is 1. The van der Waals surface area contributed by atoms with Crippen LogP contribution >= 0.6 is 0 Å². The molecule has 1 aliphatic heterocycles. The van der Waals surface area contributed by atoms with E-state index >= 15 is 0 Å². The van der Waals surface area contributed by atoms with Gasteiger partial charge in [0.1, 0.15) is 17.5 Å². The Kier molecular flexibility index (Phi) is 9.83. The minimum Gasteiger partial charge on any atom is -0.485 e. The van der Waals surface area contributed by atoms with Gasteiger partial charge in [0.2, 0.25) is 0 Å². The zero-order chi connectivity index (χ0) is 31.9. The number of hydrogen-bond donors (Lipinski definition) is 1. The zero-order valence-corrected chi connectivity index (χ0v) is 29.8. The van der Waals surface area contributed by atoms with Gasteiger partial charge < -0.3 is 23.3 Å². The summed E-state index contributed by atoms with van der Waals surface area (Å²) in [5, 5.41) is 21.0. The lowest BCUT2D eigenvalue weighted by molar-refractivity contribution is -0.0643. The van der Waals surface area contributed by atoms with Crippen LogP contribution in [0.3, 0.4) is 0 Å². The molecule has 3 rings (SSSR count). The van der Waals surface area contributed by atoms with Crippen molar-refractivity contribution >= 4 is 16.6 Å². The Morgan fingerprint density at radius 3 is 2.21 bits per heavy atom. The van der Waals surface area contributed by atoms with Gasteiger partial charge in [-0.2, -0.15) is 5.26 Å². The Morgan fingerprint density at radius 2 is 1.67 bits per heavy atom. The van der Waals surface area contributed by atoms with Crippen LogP contribution in [0.2, 0.25) is 36.3 Å². The van der Waals surface area contributed by atoms with Crippen LogP contribution in [0.1, 0.15) is 97.1 Å². The van der Waals surface area contributed by atoms with Gasteiger partial charge in [0.05, 0.1) is 23.8 Å². The van der Waals surface area contributed by atoms with Gasteiger partial charge in [0, 0.05) is 24.4 Å². The zero-order valence-electron chi connectivity index (χ0n) is 27.8. The molecule has 2 heterocycles. The van der Waals surface area contributed by atoms with E-state index in [9.17, 15) is 15.2 Å². The second kappa shape index (κ2) is 12.0. The average molecular weight is 613 g/mol. The number of fused-ring (bicyclic) bond motifs is 1. The van der Waals surface area contributed by atoms with E-state index < -0.39 is 34.4 Å². The highest BCUT2D eigenvalue weighted by molar-refractivity contribution is 6.74. The number of nitrogens with zero attached hydrogens (tertiary/aromatic N) is 2. The summed E-state index contributed by atoms with van der Waals surface area (Å²) < 4.78 is 21.0. The third-order valence-corrected chi connectivity index (χ3v) is 18.6. The van der Waals surface area contributed by atoms with Gasteiger partial charge in [-0.3, -0.25) is 4.79 Å². The van der Waals surface area contributed by atoms with Crippen LogP contribution in [0, 0.1) is 11.3 Å². The van der Waals surface area contributed by atoms with Crippen molar-refractivity contribution in [1.82, 2.24) is 4.57 Å². The highest BCUT2D eigenvalue weighted by Gasteiger charge is 2.45. The summed E-state index contributed by atoms with van der Waals surface area (Å²) in [4.78, 5) is 13.8. The molecule has 42 heavy (non-hydrogen) atoms. The number of aliphatic hydroxyl groups excluding tert-OH is 1. The molecule has 1 N–H and O–H groups in total. The molecule has 1 unspecified atom stereocenters. The number of nitriles is 1. The summed E-state index contributed by atoms with van der Waals surface area (Å²) in [5.41, 5.74) is 0.737. The van der Waals surface area contributed by atoms with Crippen molar-refractivity contribution in [2.45, 2.75) is 128 Å². The maximum absolute atomic E-state index is 13.8. The Balaban J connectivity index is 1.97. The number of ether oxygens (including phenoxy) is 1. The lowest BCUT2D eigenvalue weighted by Crippen LogP contribution is -2.52. The van der Waals surface area contributed by atoms with Crippen LogP contribution in [0.4, 0.5) is 0 Å². The van der Waals surface area contributed by atoms with E-state index in [0.717, 1.165) is 18.4 Å². The van der Waals surface area contributed by atoms with Crippen LogP contribution in [0.15, 0.2) is 41.3 Å². The van der Waals surface area contributed by atoms with Crippen LogP contribution in [0.5, 0.6) is 5.75 Å². The van der Waals surface area contributed by atoms with Crippen LogP contribution in [-0.2, 0) is 8.85 Å². The van der Waals surface area contributed by atoms with Gasteiger partial charge in [-0.15, -0.1) is 0 Å². The van der Waals surface area contributed by atoms with Crippen molar-refractivity contribution in [2.24, 2.45) is 0 Å². The molecule has 232 valence electrons. The summed E-state index contributed by atoms with van der Waals surface area (Å²) in [6.45, 7) is 26.7. The largest absolute Gasteiger partial charge is 0.485 e. The maximum atomic E-state index is 13.8. The van der Waals surface area contributed by atoms with Crippen molar-refractivity contribution in [3.63, 3.8) is 0 Å². The Labute approximate surface area is 255 Å². The summed E-state index contributed by atoms with van der Waals surface area (Å²) in [5.74, 6) is 0.561. The molecule has 0 fully saturated rings. The molecular formula is C33H52N2O5Si2. The fraction of sp³-hybridized carbons (Fsp3) is 0.636. The normalized spacial score (nSPS) is 19.9. The van der Waals surface area contributed by atoms with Gasteiger partial charge in [0.15, 0.2) is 16.6 Å². The number of aromatic nitrogens is 1. The van der Waals surface area contributed by atoms with Crippen molar-refractivity contribution in [1.29, 1.82) is 5.26 Å². The van der Waals surface area contributed by atoms with Gasteiger partial charge in [-0.25, -0.2) is 0 Å². The molecule has 7 nitrogen and oxygen atoms in total. The third-order valence-electron chi connectivity index (χ3n) is 9.61. The van der Waals surface area contributed by atoms with Crippen molar-refractivity contribution in [3.05, 3.63) is 63.6 Å². The summed E-state index contributed by atoms with van der Waals surface area (Å²) in [6, 6.07) is 10.2. The predicted molar refractivity (Wildman–Crippen MR) is 174 cm³/mol. The standard InChI is InChI=1S/C33H52N2O5Si2/c1-31(2,3)41(9,10)38-19-13-14-26(40-42(11,12)32(4,5)6)24-17-18-35(28(36)21-24)29-25-20-23(22-34)15-16-27(25)39-33(7,8)30(29)37/h15-18,20-21,26,29-30,37H,13-14,19H2,1-12H3/t26?,29-,30+/m0/s1. The van der Waals surface area contributed by atoms with E-state index in [1.165, 1.54) is 0 Å². The lowest BCUT2D eigenvalue weighted by Gasteiger charge is -2.43. The molecular weight excluding hydrogens is 561 g/mol. The van der Waals surface area contributed by atoms with Crippen LogP contribution in [0.25, 0.3) is 0 Å². The van der Waals surface area contributed by atoms with Crippen molar-refractivity contribution in [2.75, 3.05) is 6.61 Å². The first-order chi connectivity index (χ1) is 19.1. The summed E-state index contributed by atoms with van der Waals surface area (Å²) in [6.07, 6.45) is 2.07. The molecule has 1 aliphatic rings. The molecule has 0 aliphatic carbocycles. The van der Waals surface area contributed by atoms with E-state index in [-0.39, 0.29) is 21.7 Å². The van der Waals surface area contributed by atoms with E-state index in [1.807, 2.05) is 6.07 Å². The first kappa shape index (κ1) is 34.3. The molecule has 0 radical (unpaired) electrons. The topological polar surface area (TPSA) is 93.7 Å². The summed E-state index contributed by atoms with van der Waals surface area (Å²) >= 11 is 0. The molecule has 3 atom stereocenters. The number of benzene rings is 1. The second-order valence-corrected chi connectivity index (χ2v) is 24.8. The average Bonchev–Trinajstić information content (AvgIpc) is 2.85. The molecule has 0 amide bonds. The number of pyridine rings is 1. The van der Waals surface area contributed by atoms with E-state index in [4.69, 9.17) is 13.6 Å².